The van der Waals surface area contributed by atoms with E-state index in [1.165, 1.54) is 148 Å². The molecule has 3 N–H and O–H groups in total. The number of hydrogen-bond donors (Lipinski definition) is 3. The topological polar surface area (TPSA) is 237 Å². The summed E-state index contributed by atoms with van der Waals surface area (Å²) in [4.78, 5) is 72.1. The number of carbonyl (C=O) groups excluding carboxylic acids is 4. The molecule has 0 spiro atoms. The summed E-state index contributed by atoms with van der Waals surface area (Å²) in [5.41, 5.74) is 0. The highest BCUT2D eigenvalue weighted by atomic mass is 31.2. The molecule has 0 aliphatic carbocycles. The van der Waals surface area contributed by atoms with Gasteiger partial charge in [0.2, 0.25) is 0 Å². The van der Waals surface area contributed by atoms with Gasteiger partial charge in [-0.15, -0.1) is 0 Å². The van der Waals surface area contributed by atoms with Gasteiger partial charge in [-0.1, -0.05) is 286 Å². The quantitative estimate of drug-likeness (QED) is 0.0222. The van der Waals surface area contributed by atoms with E-state index in [9.17, 15) is 43.2 Å². The van der Waals surface area contributed by atoms with Crippen molar-refractivity contribution in [3.05, 3.63) is 0 Å². The lowest BCUT2D eigenvalue weighted by Crippen LogP contribution is -2.30. The van der Waals surface area contributed by atoms with Crippen LogP contribution in [0.2, 0.25) is 0 Å². The van der Waals surface area contributed by atoms with Crippen molar-refractivity contribution in [3.8, 4) is 0 Å². The van der Waals surface area contributed by atoms with Crippen molar-refractivity contribution in [1.29, 1.82) is 0 Å². The molecule has 0 aliphatic rings. The number of ether oxygens (including phenoxy) is 4. The van der Waals surface area contributed by atoms with Crippen molar-refractivity contribution >= 4 is 39.5 Å². The molecule has 0 aliphatic heterocycles. The van der Waals surface area contributed by atoms with E-state index in [0.717, 1.165) is 108 Å². The molecule has 510 valence electrons. The van der Waals surface area contributed by atoms with Crippen molar-refractivity contribution < 1.29 is 80.2 Å². The SMILES string of the molecule is CCCCCCCCCCCCCCCC(=O)OC[C@H](COP(=O)(O)OC[C@@H](O)COP(=O)(O)OC[C@@H](COC(=O)CCCCCCC)OC(=O)CCCCCCCCCCC(C)CC)OC(=O)CCCCCCCCCCCCCCCC(C)C. The second-order valence-electron chi connectivity index (χ2n) is 24.9. The minimum atomic E-state index is -4.95. The Morgan fingerprint density at radius 1 is 0.337 bits per heavy atom. The lowest BCUT2D eigenvalue weighted by atomic mass is 9.99. The first-order valence-corrected chi connectivity index (χ1v) is 38.0. The zero-order chi connectivity index (χ0) is 63.6. The predicted molar refractivity (Wildman–Crippen MR) is 345 cm³/mol. The summed E-state index contributed by atoms with van der Waals surface area (Å²) in [7, 11) is -9.89. The van der Waals surface area contributed by atoms with E-state index in [0.29, 0.717) is 25.7 Å². The van der Waals surface area contributed by atoms with E-state index in [1.54, 1.807) is 0 Å². The van der Waals surface area contributed by atoms with Crippen LogP contribution in [0.4, 0.5) is 0 Å². The molecule has 86 heavy (non-hydrogen) atoms. The Kier molecular flexibility index (Phi) is 58.0. The second-order valence-corrected chi connectivity index (χ2v) is 27.8. The van der Waals surface area contributed by atoms with Crippen LogP contribution < -0.4 is 0 Å². The van der Waals surface area contributed by atoms with Crippen LogP contribution in [0.1, 0.15) is 337 Å². The Balaban J connectivity index is 5.17. The van der Waals surface area contributed by atoms with Crippen molar-refractivity contribution in [2.45, 2.75) is 355 Å². The second kappa shape index (κ2) is 59.4. The molecule has 0 radical (unpaired) electrons. The maximum absolute atomic E-state index is 13.0. The van der Waals surface area contributed by atoms with Crippen LogP contribution in [0, 0.1) is 11.8 Å². The molecule has 0 heterocycles. The van der Waals surface area contributed by atoms with Gasteiger partial charge in [0.05, 0.1) is 26.4 Å². The van der Waals surface area contributed by atoms with E-state index >= 15 is 0 Å². The Hall–Kier alpha value is -1.94. The van der Waals surface area contributed by atoms with Gasteiger partial charge < -0.3 is 33.8 Å². The molecular weight excluding hydrogens is 1140 g/mol. The largest absolute Gasteiger partial charge is 0.472 e. The number of carbonyl (C=O) groups is 4. The summed E-state index contributed by atoms with van der Waals surface area (Å²) in [6.07, 6.45) is 43.3. The fourth-order valence-corrected chi connectivity index (χ4v) is 11.6. The Morgan fingerprint density at radius 2 is 0.593 bits per heavy atom. The molecule has 0 saturated carbocycles. The maximum Gasteiger partial charge on any atom is 0.472 e. The molecule has 0 fully saturated rings. The highest BCUT2D eigenvalue weighted by molar-refractivity contribution is 7.47. The minimum absolute atomic E-state index is 0.104. The first-order valence-electron chi connectivity index (χ1n) is 35.0. The fraction of sp³-hybridized carbons (Fsp3) is 0.940. The van der Waals surface area contributed by atoms with Crippen molar-refractivity contribution in [3.63, 3.8) is 0 Å². The predicted octanol–water partition coefficient (Wildman–Crippen LogP) is 18.8. The molecule has 0 aromatic rings. The molecule has 17 nitrogen and oxygen atoms in total. The monoisotopic (exact) mass is 1270 g/mol. The van der Waals surface area contributed by atoms with Crippen LogP contribution in [0.15, 0.2) is 0 Å². The van der Waals surface area contributed by atoms with Gasteiger partial charge in [0, 0.05) is 25.7 Å². The van der Waals surface area contributed by atoms with Crippen LogP contribution in [0.5, 0.6) is 0 Å². The number of unbranched alkanes of at least 4 members (excludes halogenated alkanes) is 35. The highest BCUT2D eigenvalue weighted by Gasteiger charge is 2.30. The standard InChI is InChI=1S/C67H130O17P2/c1-7-10-12-14-15-16-17-19-23-26-32-38-44-50-65(70)78-56-63(84-66(71)51-45-39-33-27-24-21-18-20-22-25-30-36-41-47-59(4)5)58-82-86(75,76)80-54-61(68)53-79-85(73,74)81-57-62(55-77-64(69)49-43-35-13-11-8-2)83-67(72)52-46-40-34-29-28-31-37-42-48-60(6)9-3/h59-63,68H,7-58H2,1-6H3,(H,73,74)(H,75,76)/t60?,61-,62+,63+/m0/s1. The van der Waals surface area contributed by atoms with Gasteiger partial charge in [-0.05, 0) is 37.5 Å². The number of phosphoric ester groups is 2. The number of aliphatic hydroxyl groups is 1. The zero-order valence-corrected chi connectivity index (χ0v) is 57.4. The van der Waals surface area contributed by atoms with E-state index in [-0.39, 0.29) is 25.7 Å². The van der Waals surface area contributed by atoms with Gasteiger partial charge in [-0.3, -0.25) is 37.3 Å². The fourth-order valence-electron chi connectivity index (χ4n) is 10.0. The van der Waals surface area contributed by atoms with Crippen LogP contribution >= 0.6 is 15.6 Å². The third kappa shape index (κ3) is 59.7. The summed E-state index contributed by atoms with van der Waals surface area (Å²) in [5.74, 6) is -0.583. The molecule has 0 aromatic carbocycles. The maximum atomic E-state index is 13.0. The molecule has 0 saturated heterocycles. The van der Waals surface area contributed by atoms with Gasteiger partial charge in [-0.25, -0.2) is 9.13 Å². The third-order valence-corrected chi connectivity index (χ3v) is 17.7. The molecule has 3 unspecified atom stereocenters. The zero-order valence-electron chi connectivity index (χ0n) is 55.6. The Labute approximate surface area is 524 Å². The summed E-state index contributed by atoms with van der Waals surface area (Å²) in [6.45, 7) is 9.45. The number of esters is 4. The van der Waals surface area contributed by atoms with Gasteiger partial charge in [-0.2, -0.15) is 0 Å². The molecule has 0 amide bonds. The Bertz CT molecular complexity index is 1690. The molecule has 0 rings (SSSR count). The van der Waals surface area contributed by atoms with Gasteiger partial charge in [0.25, 0.3) is 0 Å². The first kappa shape index (κ1) is 84.1. The number of hydrogen-bond acceptors (Lipinski definition) is 15. The average Bonchev–Trinajstić information content (AvgIpc) is 3.61. The van der Waals surface area contributed by atoms with Crippen molar-refractivity contribution in [1.82, 2.24) is 0 Å². The van der Waals surface area contributed by atoms with Crippen LogP contribution in [0.25, 0.3) is 0 Å². The number of aliphatic hydroxyl groups excluding tert-OH is 1. The third-order valence-electron chi connectivity index (χ3n) is 15.8. The van der Waals surface area contributed by atoms with E-state index in [1.807, 2.05) is 0 Å². The molecule has 19 heteroatoms. The summed E-state index contributed by atoms with van der Waals surface area (Å²) in [6, 6.07) is 0. The van der Waals surface area contributed by atoms with Crippen LogP contribution in [0.3, 0.4) is 0 Å². The Morgan fingerprint density at radius 3 is 0.884 bits per heavy atom. The van der Waals surface area contributed by atoms with Gasteiger partial charge >= 0.3 is 39.5 Å². The van der Waals surface area contributed by atoms with E-state index in [4.69, 9.17) is 37.0 Å². The van der Waals surface area contributed by atoms with Gasteiger partial charge in [0.15, 0.2) is 12.2 Å². The molecule has 6 atom stereocenters. The van der Waals surface area contributed by atoms with Gasteiger partial charge in [0.1, 0.15) is 19.3 Å². The molecule has 0 aromatic heterocycles. The summed E-state index contributed by atoms with van der Waals surface area (Å²) >= 11 is 0. The molecular formula is C67H130O17P2. The normalized spacial score (nSPS) is 14.5. The summed E-state index contributed by atoms with van der Waals surface area (Å²) in [5, 5.41) is 10.5. The lowest BCUT2D eigenvalue weighted by Gasteiger charge is -2.21. The van der Waals surface area contributed by atoms with Crippen LogP contribution in [-0.2, 0) is 65.4 Å². The van der Waals surface area contributed by atoms with E-state index in [2.05, 4.69) is 41.5 Å². The van der Waals surface area contributed by atoms with Crippen molar-refractivity contribution in [2.75, 3.05) is 39.6 Å². The number of phosphoric acid groups is 2. The smallest absolute Gasteiger partial charge is 0.462 e. The lowest BCUT2D eigenvalue weighted by molar-refractivity contribution is -0.161. The first-order chi connectivity index (χ1) is 41.4. The average molecular weight is 1270 g/mol. The number of rotatable bonds is 66. The van der Waals surface area contributed by atoms with Crippen LogP contribution in [-0.4, -0.2) is 96.7 Å². The van der Waals surface area contributed by atoms with Crippen molar-refractivity contribution in [2.24, 2.45) is 11.8 Å². The summed E-state index contributed by atoms with van der Waals surface area (Å²) < 4.78 is 68.0. The highest BCUT2D eigenvalue weighted by Crippen LogP contribution is 2.45. The minimum Gasteiger partial charge on any atom is -0.462 e. The molecule has 0 bridgehead atoms. The van der Waals surface area contributed by atoms with E-state index < -0.39 is 97.5 Å².